The fourth-order valence-corrected chi connectivity index (χ4v) is 1.74. The summed E-state index contributed by atoms with van der Waals surface area (Å²) in [5.41, 5.74) is 0.588. The molecule has 0 amide bonds. The van der Waals surface area contributed by atoms with Crippen LogP contribution in [-0.4, -0.2) is 24.9 Å². The van der Waals surface area contributed by atoms with Gasteiger partial charge in [0.15, 0.2) is 11.5 Å². The van der Waals surface area contributed by atoms with Crippen LogP contribution < -0.4 is 14.8 Å². The highest BCUT2D eigenvalue weighted by Gasteiger charge is 2.16. The lowest BCUT2D eigenvalue weighted by molar-refractivity contribution is -0.153. The van der Waals surface area contributed by atoms with Crippen LogP contribution in [-0.2, 0) is 16.1 Å². The van der Waals surface area contributed by atoms with Crippen molar-refractivity contribution in [3.8, 4) is 11.5 Å². The molecule has 0 bridgehead atoms. The number of hydrogen-bond acceptors (Lipinski definition) is 5. The number of esters is 1. The van der Waals surface area contributed by atoms with E-state index < -0.39 is 5.60 Å². The molecule has 19 heavy (non-hydrogen) atoms. The number of benzene rings is 1. The van der Waals surface area contributed by atoms with Crippen molar-refractivity contribution in [3.63, 3.8) is 0 Å². The van der Waals surface area contributed by atoms with Crippen LogP contribution in [0, 0.1) is 0 Å². The zero-order chi connectivity index (χ0) is 13.9. The number of hydrogen-bond donors (Lipinski definition) is 1. The van der Waals surface area contributed by atoms with Gasteiger partial charge in [-0.2, -0.15) is 0 Å². The summed E-state index contributed by atoms with van der Waals surface area (Å²) in [6, 6.07) is 5.72. The third-order valence-electron chi connectivity index (χ3n) is 2.46. The number of ether oxygens (including phenoxy) is 3. The van der Waals surface area contributed by atoms with Gasteiger partial charge in [-0.3, -0.25) is 4.79 Å². The fraction of sp³-hybridized carbons (Fsp3) is 0.500. The number of carbonyl (C=O) groups is 1. The highest BCUT2D eigenvalue weighted by atomic mass is 16.7. The monoisotopic (exact) mass is 265 g/mol. The maximum absolute atomic E-state index is 11.5. The number of nitrogens with one attached hydrogen (secondary N) is 1. The molecule has 2 rings (SSSR count). The minimum atomic E-state index is -0.447. The zero-order valence-corrected chi connectivity index (χ0v) is 11.5. The van der Waals surface area contributed by atoms with E-state index in [-0.39, 0.29) is 19.3 Å². The van der Waals surface area contributed by atoms with E-state index in [0.717, 1.165) is 17.1 Å². The summed E-state index contributed by atoms with van der Waals surface area (Å²) in [5.74, 6) is 1.25. The van der Waals surface area contributed by atoms with E-state index in [1.54, 1.807) is 0 Å². The van der Waals surface area contributed by atoms with Crippen LogP contribution in [0.3, 0.4) is 0 Å². The first kappa shape index (κ1) is 13.7. The number of fused-ring (bicyclic) bond motifs is 1. The molecule has 5 nitrogen and oxygen atoms in total. The second-order valence-corrected chi connectivity index (χ2v) is 5.38. The van der Waals surface area contributed by atoms with Crippen molar-refractivity contribution in [1.82, 2.24) is 5.32 Å². The molecule has 0 fully saturated rings. The Balaban J connectivity index is 1.78. The first-order valence-electron chi connectivity index (χ1n) is 6.25. The van der Waals surface area contributed by atoms with Gasteiger partial charge in [-0.15, -0.1) is 0 Å². The highest BCUT2D eigenvalue weighted by molar-refractivity contribution is 5.72. The van der Waals surface area contributed by atoms with E-state index in [2.05, 4.69) is 5.32 Å². The number of carbonyl (C=O) groups excluding carboxylic acids is 1. The molecule has 0 unspecified atom stereocenters. The van der Waals surface area contributed by atoms with Crippen LogP contribution in [0.15, 0.2) is 18.2 Å². The second kappa shape index (κ2) is 5.48. The van der Waals surface area contributed by atoms with Gasteiger partial charge in [0, 0.05) is 6.54 Å². The van der Waals surface area contributed by atoms with E-state index in [0.29, 0.717) is 6.54 Å². The van der Waals surface area contributed by atoms with Crippen molar-refractivity contribution in [2.24, 2.45) is 0 Å². The maximum atomic E-state index is 11.5. The molecule has 0 radical (unpaired) electrons. The molecule has 0 atom stereocenters. The normalized spacial score (nSPS) is 13.4. The lowest BCUT2D eigenvalue weighted by Crippen LogP contribution is -2.31. The first-order chi connectivity index (χ1) is 8.94. The fourth-order valence-electron chi connectivity index (χ4n) is 1.74. The van der Waals surface area contributed by atoms with Crippen molar-refractivity contribution in [2.75, 3.05) is 13.3 Å². The minimum Gasteiger partial charge on any atom is -0.459 e. The topological polar surface area (TPSA) is 56.8 Å². The Kier molecular flexibility index (Phi) is 3.95. The van der Waals surface area contributed by atoms with Crippen molar-refractivity contribution >= 4 is 5.97 Å². The molecule has 1 aromatic rings. The Bertz CT molecular complexity index is 465. The number of rotatable bonds is 4. The summed E-state index contributed by atoms with van der Waals surface area (Å²) < 4.78 is 15.7. The molecule has 1 heterocycles. The molecular formula is C14H19NO4. The van der Waals surface area contributed by atoms with Crippen molar-refractivity contribution in [2.45, 2.75) is 32.9 Å². The van der Waals surface area contributed by atoms with Gasteiger partial charge in [-0.25, -0.2) is 0 Å². The van der Waals surface area contributed by atoms with Crippen LogP contribution in [0.2, 0.25) is 0 Å². The van der Waals surface area contributed by atoms with E-state index in [4.69, 9.17) is 14.2 Å². The Morgan fingerprint density at radius 3 is 2.79 bits per heavy atom. The van der Waals surface area contributed by atoms with Gasteiger partial charge in [0.1, 0.15) is 5.60 Å². The van der Waals surface area contributed by atoms with E-state index >= 15 is 0 Å². The van der Waals surface area contributed by atoms with Crippen molar-refractivity contribution in [3.05, 3.63) is 23.8 Å². The van der Waals surface area contributed by atoms with Gasteiger partial charge in [-0.05, 0) is 38.5 Å². The largest absolute Gasteiger partial charge is 0.459 e. The van der Waals surface area contributed by atoms with Gasteiger partial charge < -0.3 is 19.5 Å². The predicted molar refractivity (Wildman–Crippen MR) is 70.1 cm³/mol. The average molecular weight is 265 g/mol. The molecule has 104 valence electrons. The summed E-state index contributed by atoms with van der Waals surface area (Å²) in [7, 11) is 0. The van der Waals surface area contributed by atoms with Gasteiger partial charge in [0.25, 0.3) is 0 Å². The Hall–Kier alpha value is -1.75. The van der Waals surface area contributed by atoms with Crippen molar-refractivity contribution in [1.29, 1.82) is 0 Å². The van der Waals surface area contributed by atoms with E-state index in [1.807, 2.05) is 39.0 Å². The summed E-state index contributed by atoms with van der Waals surface area (Å²) >= 11 is 0. The van der Waals surface area contributed by atoms with Crippen LogP contribution >= 0.6 is 0 Å². The molecule has 0 aliphatic carbocycles. The van der Waals surface area contributed by atoms with Crippen LogP contribution in [0.25, 0.3) is 0 Å². The minimum absolute atomic E-state index is 0.186. The van der Waals surface area contributed by atoms with E-state index in [1.165, 1.54) is 0 Å². The first-order valence-corrected chi connectivity index (χ1v) is 6.25. The molecule has 0 spiro atoms. The Morgan fingerprint density at radius 2 is 2.05 bits per heavy atom. The molecule has 1 N–H and O–H groups in total. The summed E-state index contributed by atoms with van der Waals surface area (Å²) in [5, 5.41) is 3.04. The average Bonchev–Trinajstić information content (AvgIpc) is 2.73. The standard InChI is InChI=1S/C14H19NO4/c1-14(2,3)19-13(16)8-15-7-10-4-5-11-12(6-10)18-9-17-11/h4-6,15H,7-9H2,1-3H3. The Morgan fingerprint density at radius 1 is 1.32 bits per heavy atom. The van der Waals surface area contributed by atoms with E-state index in [9.17, 15) is 4.79 Å². The molecule has 1 aliphatic rings. The SMILES string of the molecule is CC(C)(C)OC(=O)CNCc1ccc2c(c1)OCO2. The van der Waals surface area contributed by atoms with Crippen molar-refractivity contribution < 1.29 is 19.0 Å². The lowest BCUT2D eigenvalue weighted by atomic mass is 10.2. The van der Waals surface area contributed by atoms with Gasteiger partial charge in [0.2, 0.25) is 6.79 Å². The summed E-state index contributed by atoms with van der Waals surface area (Å²) in [6.07, 6.45) is 0. The highest BCUT2D eigenvalue weighted by Crippen LogP contribution is 2.32. The van der Waals surface area contributed by atoms with Crippen LogP contribution in [0.4, 0.5) is 0 Å². The smallest absolute Gasteiger partial charge is 0.320 e. The molecule has 5 heteroatoms. The molecule has 0 aromatic heterocycles. The lowest BCUT2D eigenvalue weighted by Gasteiger charge is -2.19. The molecule has 1 aliphatic heterocycles. The van der Waals surface area contributed by atoms with Crippen LogP contribution in [0.1, 0.15) is 26.3 Å². The third-order valence-corrected chi connectivity index (χ3v) is 2.46. The van der Waals surface area contributed by atoms with Crippen LogP contribution in [0.5, 0.6) is 11.5 Å². The summed E-state index contributed by atoms with van der Waals surface area (Å²) in [4.78, 5) is 11.5. The van der Waals surface area contributed by atoms with Gasteiger partial charge in [0.05, 0.1) is 6.54 Å². The van der Waals surface area contributed by atoms with Gasteiger partial charge in [-0.1, -0.05) is 6.07 Å². The molecular weight excluding hydrogens is 246 g/mol. The zero-order valence-electron chi connectivity index (χ0n) is 11.5. The third kappa shape index (κ3) is 4.13. The van der Waals surface area contributed by atoms with Gasteiger partial charge >= 0.3 is 5.97 Å². The molecule has 0 saturated carbocycles. The Labute approximate surface area is 112 Å². The molecule has 0 saturated heterocycles. The molecule has 1 aromatic carbocycles. The quantitative estimate of drug-likeness (QED) is 0.842. The predicted octanol–water partition coefficient (Wildman–Crippen LogP) is 1.85. The maximum Gasteiger partial charge on any atom is 0.320 e. The summed E-state index contributed by atoms with van der Waals surface area (Å²) in [6.45, 7) is 6.58. The second-order valence-electron chi connectivity index (χ2n) is 5.38.